The van der Waals surface area contributed by atoms with E-state index in [-0.39, 0.29) is 30.5 Å². The van der Waals surface area contributed by atoms with Crippen LogP contribution in [0.4, 0.5) is 4.79 Å². The Morgan fingerprint density at radius 2 is 1.86 bits per heavy atom. The van der Waals surface area contributed by atoms with Crippen LogP contribution in [0.2, 0.25) is 5.02 Å². The van der Waals surface area contributed by atoms with Crippen LogP contribution in [0.5, 0.6) is 0 Å². The van der Waals surface area contributed by atoms with Crippen molar-refractivity contribution in [3.63, 3.8) is 0 Å². The smallest absolute Gasteiger partial charge is 0.407 e. The summed E-state index contributed by atoms with van der Waals surface area (Å²) in [6, 6.07) is 5.24. The van der Waals surface area contributed by atoms with Crippen molar-refractivity contribution in [1.82, 2.24) is 9.62 Å². The van der Waals surface area contributed by atoms with Crippen molar-refractivity contribution in [2.75, 3.05) is 19.7 Å². The number of hydrogen-bond acceptors (Lipinski definition) is 5. The molecule has 0 spiro atoms. The Balaban J connectivity index is 3.05. The van der Waals surface area contributed by atoms with Crippen LogP contribution < -0.4 is 5.32 Å². The summed E-state index contributed by atoms with van der Waals surface area (Å²) in [5.74, 6) is -0.0754. The average Bonchev–Trinajstić information content (AvgIpc) is 2.59. The Labute approximate surface area is 173 Å². The van der Waals surface area contributed by atoms with Gasteiger partial charge in [-0.3, -0.25) is 0 Å². The first-order valence-electron chi connectivity index (χ1n) is 9.27. The molecule has 1 aromatic carbocycles. The number of halogens is 1. The molecule has 0 saturated heterocycles. The number of rotatable bonds is 9. The fraction of sp³-hybridized carbons (Fsp3) is 0.632. The van der Waals surface area contributed by atoms with Gasteiger partial charge in [-0.1, -0.05) is 31.9 Å². The minimum atomic E-state index is -3.89. The lowest BCUT2D eigenvalue weighted by atomic mass is 10.00. The maximum Gasteiger partial charge on any atom is 0.407 e. The normalized spacial score (nSPS) is 14.6. The molecule has 0 saturated carbocycles. The molecular formula is C19H31ClN2O5S. The summed E-state index contributed by atoms with van der Waals surface area (Å²) in [5.41, 5.74) is -0.649. The molecule has 0 aromatic heterocycles. The number of amides is 1. The molecular weight excluding hydrogens is 404 g/mol. The highest BCUT2D eigenvalue weighted by Crippen LogP contribution is 2.24. The van der Waals surface area contributed by atoms with Gasteiger partial charge in [0.15, 0.2) is 0 Å². The molecule has 0 bridgehead atoms. The van der Waals surface area contributed by atoms with Crippen molar-refractivity contribution < 1.29 is 23.1 Å². The van der Waals surface area contributed by atoms with Crippen LogP contribution in [0.15, 0.2) is 29.2 Å². The first kappa shape index (κ1) is 24.7. The maximum absolute atomic E-state index is 13.2. The van der Waals surface area contributed by atoms with E-state index in [0.29, 0.717) is 11.4 Å². The first-order chi connectivity index (χ1) is 12.9. The molecule has 1 rings (SSSR count). The van der Waals surface area contributed by atoms with Gasteiger partial charge in [-0.05, 0) is 51.0 Å². The topological polar surface area (TPSA) is 95.9 Å². The minimum absolute atomic E-state index is 0.000229. The number of hydrogen-bond donors (Lipinski definition) is 2. The summed E-state index contributed by atoms with van der Waals surface area (Å²) in [6.45, 7) is 8.77. The van der Waals surface area contributed by atoms with Gasteiger partial charge in [0.1, 0.15) is 5.60 Å². The lowest BCUT2D eigenvalue weighted by Crippen LogP contribution is -2.49. The SMILES string of the molecule is CC[C@H](C)[C@@H](CO)N(CCNC(=O)OC(C)(C)C)S(=O)(=O)c1ccc(Cl)cc1. The summed E-state index contributed by atoms with van der Waals surface area (Å²) >= 11 is 5.87. The van der Waals surface area contributed by atoms with Gasteiger partial charge in [0.2, 0.25) is 10.0 Å². The van der Waals surface area contributed by atoms with E-state index in [1.54, 1.807) is 20.8 Å². The Morgan fingerprint density at radius 3 is 2.32 bits per heavy atom. The Bertz CT molecular complexity index is 732. The van der Waals surface area contributed by atoms with Crippen LogP contribution in [-0.2, 0) is 14.8 Å². The van der Waals surface area contributed by atoms with Crippen LogP contribution in [0, 0.1) is 5.92 Å². The standard InChI is InChI=1S/C19H31ClN2O5S/c1-6-14(2)17(13-23)22(12-11-21-18(24)27-19(3,4)5)28(25,26)16-9-7-15(20)8-10-16/h7-10,14,17,23H,6,11-13H2,1-5H3,(H,21,24)/t14-,17+/m0/s1. The molecule has 1 amide bonds. The van der Waals surface area contributed by atoms with Gasteiger partial charge in [-0.15, -0.1) is 0 Å². The molecule has 7 nitrogen and oxygen atoms in total. The summed E-state index contributed by atoms with van der Waals surface area (Å²) in [4.78, 5) is 11.9. The van der Waals surface area contributed by atoms with Gasteiger partial charge in [0, 0.05) is 18.1 Å². The average molecular weight is 435 g/mol. The molecule has 0 aliphatic rings. The number of sulfonamides is 1. The number of aliphatic hydroxyl groups excluding tert-OH is 1. The highest BCUT2D eigenvalue weighted by molar-refractivity contribution is 7.89. The van der Waals surface area contributed by atoms with E-state index >= 15 is 0 Å². The van der Waals surface area contributed by atoms with Crippen molar-refractivity contribution in [3.8, 4) is 0 Å². The van der Waals surface area contributed by atoms with Crippen molar-refractivity contribution in [3.05, 3.63) is 29.3 Å². The minimum Gasteiger partial charge on any atom is -0.444 e. The van der Waals surface area contributed by atoms with Crippen molar-refractivity contribution in [2.45, 2.75) is 57.6 Å². The third kappa shape index (κ3) is 7.24. The molecule has 1 aromatic rings. The number of carbonyl (C=O) groups is 1. The third-order valence-corrected chi connectivity index (χ3v) is 6.47. The zero-order valence-corrected chi connectivity index (χ0v) is 18.7. The van der Waals surface area contributed by atoms with E-state index in [9.17, 15) is 18.3 Å². The second kappa shape index (κ2) is 10.4. The van der Waals surface area contributed by atoms with E-state index in [1.807, 2.05) is 13.8 Å². The molecule has 0 radical (unpaired) electrons. The fourth-order valence-corrected chi connectivity index (χ4v) is 4.45. The summed E-state index contributed by atoms with van der Waals surface area (Å²) in [5, 5.41) is 12.9. The van der Waals surface area contributed by atoms with Crippen molar-refractivity contribution in [1.29, 1.82) is 0 Å². The lowest BCUT2D eigenvalue weighted by Gasteiger charge is -2.33. The molecule has 2 N–H and O–H groups in total. The first-order valence-corrected chi connectivity index (χ1v) is 11.1. The van der Waals surface area contributed by atoms with E-state index in [1.165, 1.54) is 28.6 Å². The maximum atomic E-state index is 13.2. The van der Waals surface area contributed by atoms with E-state index in [4.69, 9.17) is 16.3 Å². The molecule has 0 unspecified atom stereocenters. The largest absolute Gasteiger partial charge is 0.444 e. The van der Waals surface area contributed by atoms with E-state index in [0.717, 1.165) is 0 Å². The van der Waals surface area contributed by atoms with Crippen molar-refractivity contribution in [2.24, 2.45) is 5.92 Å². The Morgan fingerprint density at radius 1 is 1.29 bits per heavy atom. The number of carbonyl (C=O) groups excluding carboxylic acids is 1. The highest BCUT2D eigenvalue weighted by atomic mass is 35.5. The number of alkyl carbamates (subject to hydrolysis) is 1. The molecule has 0 heterocycles. The summed E-state index contributed by atoms with van der Waals surface area (Å²) < 4.78 is 32.8. The van der Waals surface area contributed by atoms with Crippen LogP contribution in [0.1, 0.15) is 41.0 Å². The second-order valence-corrected chi connectivity index (χ2v) is 9.96. The molecule has 160 valence electrons. The zero-order chi connectivity index (χ0) is 21.5. The molecule has 0 aliphatic carbocycles. The molecule has 0 aliphatic heterocycles. The molecule has 0 fully saturated rings. The third-order valence-electron chi connectivity index (χ3n) is 4.28. The van der Waals surface area contributed by atoms with Gasteiger partial charge in [-0.25, -0.2) is 13.2 Å². The summed E-state index contributed by atoms with van der Waals surface area (Å²) in [6.07, 6.45) is 0.0672. The van der Waals surface area contributed by atoms with Crippen LogP contribution >= 0.6 is 11.6 Å². The van der Waals surface area contributed by atoms with Crippen LogP contribution in [0.25, 0.3) is 0 Å². The van der Waals surface area contributed by atoms with Gasteiger partial charge in [0.05, 0.1) is 17.5 Å². The Kier molecular flexibility index (Phi) is 9.20. The van der Waals surface area contributed by atoms with Gasteiger partial charge in [0.25, 0.3) is 0 Å². The highest BCUT2D eigenvalue weighted by Gasteiger charge is 2.33. The van der Waals surface area contributed by atoms with Gasteiger partial charge >= 0.3 is 6.09 Å². The molecule has 28 heavy (non-hydrogen) atoms. The van der Waals surface area contributed by atoms with Gasteiger partial charge < -0.3 is 15.2 Å². The predicted octanol–water partition coefficient (Wildman–Crippen LogP) is 3.26. The van der Waals surface area contributed by atoms with E-state index < -0.39 is 27.8 Å². The van der Waals surface area contributed by atoms with E-state index in [2.05, 4.69) is 5.32 Å². The number of benzene rings is 1. The van der Waals surface area contributed by atoms with Crippen molar-refractivity contribution >= 4 is 27.7 Å². The Hall–Kier alpha value is -1.35. The molecule has 9 heteroatoms. The van der Waals surface area contributed by atoms with Crippen LogP contribution in [0.3, 0.4) is 0 Å². The lowest BCUT2D eigenvalue weighted by molar-refractivity contribution is 0.0520. The summed E-state index contributed by atoms with van der Waals surface area (Å²) in [7, 11) is -3.89. The second-order valence-electron chi connectivity index (χ2n) is 7.63. The molecule has 2 atom stereocenters. The quantitative estimate of drug-likeness (QED) is 0.621. The predicted molar refractivity (Wildman–Crippen MR) is 110 cm³/mol. The number of ether oxygens (including phenoxy) is 1. The monoisotopic (exact) mass is 434 g/mol. The van der Waals surface area contributed by atoms with Gasteiger partial charge in [-0.2, -0.15) is 4.31 Å². The zero-order valence-electron chi connectivity index (χ0n) is 17.1. The number of nitrogens with one attached hydrogen (secondary N) is 1. The van der Waals surface area contributed by atoms with Crippen LogP contribution in [-0.4, -0.2) is 55.3 Å². The fourth-order valence-electron chi connectivity index (χ4n) is 2.62. The number of nitrogens with zero attached hydrogens (tertiary/aromatic N) is 1. The number of aliphatic hydroxyl groups is 1.